The number of nitrogens with zero attached hydrogens (tertiary/aromatic N) is 4. The van der Waals surface area contributed by atoms with E-state index in [0.29, 0.717) is 6.04 Å². The molecular weight excluding hydrogens is 388 g/mol. The summed E-state index contributed by atoms with van der Waals surface area (Å²) in [4.78, 5) is 15.6. The molecular formula is C21H26N4O3S. The van der Waals surface area contributed by atoms with Gasteiger partial charge in [0.25, 0.3) is 6.47 Å². The van der Waals surface area contributed by atoms with Crippen LogP contribution in [0.4, 0.5) is 0 Å². The highest BCUT2D eigenvalue weighted by molar-refractivity contribution is 7.03. The van der Waals surface area contributed by atoms with Gasteiger partial charge in [0.1, 0.15) is 5.75 Å². The van der Waals surface area contributed by atoms with Crippen molar-refractivity contribution < 1.29 is 14.6 Å². The Kier molecular flexibility index (Phi) is 7.37. The highest BCUT2D eigenvalue weighted by atomic mass is 32.1. The van der Waals surface area contributed by atoms with Crippen molar-refractivity contribution in [1.29, 1.82) is 0 Å². The standard InChI is InChI=1S/C20H24N4OS.CH2O2/c1-23-9-4-6-17(23)8-10-24-14-21-19(20(24)16-12-22-26-13-16)15-5-3-7-18(11-15)25-2;2-1-3/h3,5,7,11-14,17H,4,6,8-10H2,1-2H3;1H,(H,2,3). The smallest absolute Gasteiger partial charge is 0.290 e. The number of aromatic nitrogens is 3. The van der Waals surface area contributed by atoms with Gasteiger partial charge >= 0.3 is 0 Å². The molecule has 0 saturated carbocycles. The zero-order valence-corrected chi connectivity index (χ0v) is 17.5. The first-order chi connectivity index (χ1) is 14.2. The number of aryl methyl sites for hydroxylation is 1. The van der Waals surface area contributed by atoms with Crippen molar-refractivity contribution in [2.75, 3.05) is 20.7 Å². The lowest BCUT2D eigenvalue weighted by Crippen LogP contribution is -2.26. The van der Waals surface area contributed by atoms with Crippen molar-refractivity contribution >= 4 is 18.0 Å². The average Bonchev–Trinajstić information content (AvgIpc) is 3.47. The van der Waals surface area contributed by atoms with Crippen LogP contribution in [-0.2, 0) is 11.3 Å². The van der Waals surface area contributed by atoms with Gasteiger partial charge in [0, 0.05) is 29.1 Å². The van der Waals surface area contributed by atoms with Crippen LogP contribution in [0.3, 0.4) is 0 Å². The number of ether oxygens (including phenoxy) is 1. The fraction of sp³-hybridized carbons (Fsp3) is 0.381. The second-order valence-electron chi connectivity index (χ2n) is 6.95. The predicted molar refractivity (Wildman–Crippen MR) is 114 cm³/mol. The summed E-state index contributed by atoms with van der Waals surface area (Å²) < 4.78 is 12.0. The van der Waals surface area contributed by atoms with E-state index >= 15 is 0 Å². The molecule has 0 amide bonds. The van der Waals surface area contributed by atoms with Gasteiger partial charge in [-0.15, -0.1) is 0 Å². The number of rotatable bonds is 6. The minimum atomic E-state index is -0.250. The van der Waals surface area contributed by atoms with E-state index in [0.717, 1.165) is 41.2 Å². The van der Waals surface area contributed by atoms with Crippen molar-refractivity contribution in [1.82, 2.24) is 18.8 Å². The van der Waals surface area contributed by atoms with Crippen molar-refractivity contribution in [2.45, 2.75) is 31.8 Å². The molecule has 0 bridgehead atoms. The van der Waals surface area contributed by atoms with Crippen LogP contribution in [0.2, 0.25) is 0 Å². The highest BCUT2D eigenvalue weighted by Gasteiger charge is 2.22. The minimum Gasteiger partial charge on any atom is -0.497 e. The van der Waals surface area contributed by atoms with Crippen LogP contribution < -0.4 is 4.74 Å². The normalized spacial score (nSPS) is 16.3. The first-order valence-electron chi connectivity index (χ1n) is 9.55. The van der Waals surface area contributed by atoms with Crippen molar-refractivity contribution in [3.8, 4) is 28.3 Å². The summed E-state index contributed by atoms with van der Waals surface area (Å²) in [5.41, 5.74) is 4.34. The Morgan fingerprint density at radius 3 is 2.86 bits per heavy atom. The summed E-state index contributed by atoms with van der Waals surface area (Å²) >= 11 is 1.48. The molecule has 0 spiro atoms. The molecule has 1 saturated heterocycles. The highest BCUT2D eigenvalue weighted by Crippen LogP contribution is 2.33. The quantitative estimate of drug-likeness (QED) is 0.617. The monoisotopic (exact) mass is 414 g/mol. The van der Waals surface area contributed by atoms with Crippen LogP contribution in [0.15, 0.2) is 42.2 Å². The fourth-order valence-corrected chi connectivity index (χ4v) is 4.31. The molecule has 1 aromatic carbocycles. The SMILES string of the molecule is COc1cccc(-c2ncn(CCC3CCCN3C)c2-c2cnsc2)c1.O=CO. The molecule has 3 aromatic rings. The van der Waals surface area contributed by atoms with Crippen molar-refractivity contribution in [3.63, 3.8) is 0 Å². The largest absolute Gasteiger partial charge is 0.497 e. The fourth-order valence-electron chi connectivity index (χ4n) is 3.79. The van der Waals surface area contributed by atoms with Crippen molar-refractivity contribution in [3.05, 3.63) is 42.2 Å². The van der Waals surface area contributed by atoms with Crippen LogP contribution >= 0.6 is 11.5 Å². The minimum absolute atomic E-state index is 0.250. The maximum Gasteiger partial charge on any atom is 0.290 e. The number of benzene rings is 1. The molecule has 1 aliphatic rings. The molecule has 0 aliphatic carbocycles. The third-order valence-electron chi connectivity index (χ3n) is 5.26. The first kappa shape index (κ1) is 21.0. The summed E-state index contributed by atoms with van der Waals surface area (Å²) in [6.45, 7) is 1.93. The van der Waals surface area contributed by atoms with Gasteiger partial charge in [-0.25, -0.2) is 9.36 Å². The first-order valence-corrected chi connectivity index (χ1v) is 10.4. The zero-order chi connectivity index (χ0) is 20.6. The molecule has 4 rings (SSSR count). The van der Waals surface area contributed by atoms with Crippen LogP contribution in [0.5, 0.6) is 5.75 Å². The maximum atomic E-state index is 8.36. The summed E-state index contributed by atoms with van der Waals surface area (Å²) in [7, 11) is 3.93. The molecule has 2 aromatic heterocycles. The topological polar surface area (TPSA) is 80.5 Å². The second-order valence-corrected chi connectivity index (χ2v) is 7.61. The van der Waals surface area contributed by atoms with Gasteiger partial charge < -0.3 is 19.3 Å². The van der Waals surface area contributed by atoms with E-state index in [1.54, 1.807) is 7.11 Å². The van der Waals surface area contributed by atoms with E-state index in [1.165, 1.54) is 30.9 Å². The Labute approximate surface area is 174 Å². The number of carbonyl (C=O) groups is 1. The number of hydrogen-bond donors (Lipinski definition) is 1. The molecule has 3 heterocycles. The maximum absolute atomic E-state index is 8.36. The number of imidazole rings is 1. The Morgan fingerprint density at radius 2 is 2.21 bits per heavy atom. The van der Waals surface area contributed by atoms with Gasteiger partial charge in [-0.3, -0.25) is 4.79 Å². The lowest BCUT2D eigenvalue weighted by molar-refractivity contribution is -0.122. The lowest BCUT2D eigenvalue weighted by atomic mass is 10.1. The van der Waals surface area contributed by atoms with Gasteiger partial charge in [-0.1, -0.05) is 12.1 Å². The van der Waals surface area contributed by atoms with Gasteiger partial charge in [0.15, 0.2) is 0 Å². The number of carboxylic acid groups (broad SMARTS) is 1. The number of methoxy groups -OCH3 is 1. The third-order valence-corrected chi connectivity index (χ3v) is 5.85. The Hall–Kier alpha value is -2.71. The van der Waals surface area contributed by atoms with Gasteiger partial charge in [0.2, 0.25) is 0 Å². The van der Waals surface area contributed by atoms with E-state index in [4.69, 9.17) is 19.6 Å². The Bertz CT molecular complexity index is 911. The lowest BCUT2D eigenvalue weighted by Gasteiger charge is -2.20. The molecule has 1 fully saturated rings. The van der Waals surface area contributed by atoms with Crippen LogP contribution in [0.1, 0.15) is 19.3 Å². The molecule has 1 aliphatic heterocycles. The predicted octanol–water partition coefficient (Wildman–Crippen LogP) is 3.87. The summed E-state index contributed by atoms with van der Waals surface area (Å²) in [6, 6.07) is 8.77. The Morgan fingerprint density at radius 1 is 1.38 bits per heavy atom. The van der Waals surface area contributed by atoms with E-state index in [-0.39, 0.29) is 6.47 Å². The van der Waals surface area contributed by atoms with E-state index in [1.807, 2.05) is 30.7 Å². The molecule has 7 nitrogen and oxygen atoms in total. The van der Waals surface area contributed by atoms with E-state index in [9.17, 15) is 0 Å². The third kappa shape index (κ3) is 5.02. The van der Waals surface area contributed by atoms with Crippen LogP contribution in [0, 0.1) is 0 Å². The Balaban J connectivity index is 0.000000755. The molecule has 29 heavy (non-hydrogen) atoms. The van der Waals surface area contributed by atoms with Crippen molar-refractivity contribution in [2.24, 2.45) is 0 Å². The average molecular weight is 415 g/mol. The zero-order valence-electron chi connectivity index (χ0n) is 16.7. The number of likely N-dealkylation sites (tertiary alicyclic amines) is 1. The van der Waals surface area contributed by atoms with E-state index < -0.39 is 0 Å². The summed E-state index contributed by atoms with van der Waals surface area (Å²) in [5, 5.41) is 8.98. The number of hydrogen-bond acceptors (Lipinski definition) is 6. The van der Waals surface area contributed by atoms with Gasteiger partial charge in [-0.05, 0) is 56.5 Å². The molecule has 154 valence electrons. The molecule has 0 radical (unpaired) electrons. The van der Waals surface area contributed by atoms with Gasteiger partial charge in [-0.2, -0.15) is 0 Å². The second kappa shape index (κ2) is 10.2. The molecule has 1 unspecified atom stereocenters. The van der Waals surface area contributed by atoms with Crippen LogP contribution in [-0.4, -0.2) is 57.1 Å². The summed E-state index contributed by atoms with van der Waals surface area (Å²) in [5.74, 6) is 0.846. The molecule has 8 heteroatoms. The van der Waals surface area contributed by atoms with Gasteiger partial charge in [0.05, 0.1) is 31.0 Å². The molecule has 1 N–H and O–H groups in total. The van der Waals surface area contributed by atoms with E-state index in [2.05, 4.69) is 32.3 Å². The summed E-state index contributed by atoms with van der Waals surface area (Å²) in [6.07, 6.45) is 7.65. The molecule has 1 atom stereocenters. The van der Waals surface area contributed by atoms with Crippen LogP contribution in [0.25, 0.3) is 22.5 Å².